The van der Waals surface area contributed by atoms with Gasteiger partial charge in [0.05, 0.1) is 6.10 Å². The number of halogens is 1. The molecule has 1 aromatic carbocycles. The van der Waals surface area contributed by atoms with Crippen molar-refractivity contribution in [1.29, 1.82) is 0 Å². The Hall–Kier alpha value is -1.62. The number of carbonyl (C=O) groups excluding carboxylic acids is 1. The zero-order chi connectivity index (χ0) is 15.1. The highest BCUT2D eigenvalue weighted by Gasteiger charge is 2.14. The third-order valence-corrected chi connectivity index (χ3v) is 3.70. The molecular formula is C16H23FN2O2. The fraction of sp³-hybridized carbons (Fsp3) is 0.562. The van der Waals surface area contributed by atoms with Crippen molar-refractivity contribution in [2.75, 3.05) is 18.5 Å². The fourth-order valence-corrected chi connectivity index (χ4v) is 2.50. The van der Waals surface area contributed by atoms with Gasteiger partial charge in [-0.2, -0.15) is 0 Å². The molecular weight excluding hydrogens is 271 g/mol. The van der Waals surface area contributed by atoms with Crippen LogP contribution in [0.2, 0.25) is 0 Å². The molecule has 1 saturated heterocycles. The van der Waals surface area contributed by atoms with Gasteiger partial charge in [0.15, 0.2) is 0 Å². The second-order valence-corrected chi connectivity index (χ2v) is 5.47. The van der Waals surface area contributed by atoms with E-state index in [4.69, 9.17) is 4.74 Å². The molecule has 0 radical (unpaired) electrons. The molecule has 1 aromatic rings. The Morgan fingerprint density at radius 1 is 1.43 bits per heavy atom. The molecule has 0 spiro atoms. The molecule has 1 aliphatic heterocycles. The number of carbonyl (C=O) groups is 1. The summed E-state index contributed by atoms with van der Waals surface area (Å²) in [5, 5.41) is 5.54. The van der Waals surface area contributed by atoms with E-state index in [0.29, 0.717) is 23.9 Å². The van der Waals surface area contributed by atoms with Gasteiger partial charge in [-0.1, -0.05) is 0 Å². The number of anilines is 1. The molecule has 116 valence electrons. The first-order valence-corrected chi connectivity index (χ1v) is 7.58. The molecule has 2 rings (SSSR count). The SMILES string of the molecule is Cc1cc(F)ccc1NC(=O)NCCCC[C@@H]1CCCO1. The van der Waals surface area contributed by atoms with Gasteiger partial charge < -0.3 is 15.4 Å². The lowest BCUT2D eigenvalue weighted by atomic mass is 10.1. The maximum Gasteiger partial charge on any atom is 0.319 e. The van der Waals surface area contributed by atoms with Crippen LogP contribution in [0, 0.1) is 12.7 Å². The minimum absolute atomic E-state index is 0.248. The number of rotatable bonds is 6. The van der Waals surface area contributed by atoms with Crippen molar-refractivity contribution in [1.82, 2.24) is 5.32 Å². The number of aryl methyl sites for hydroxylation is 1. The molecule has 21 heavy (non-hydrogen) atoms. The monoisotopic (exact) mass is 294 g/mol. The third kappa shape index (κ3) is 5.34. The van der Waals surface area contributed by atoms with Crippen LogP contribution in [0.15, 0.2) is 18.2 Å². The van der Waals surface area contributed by atoms with Crippen LogP contribution in [0.4, 0.5) is 14.9 Å². The third-order valence-electron chi connectivity index (χ3n) is 3.70. The fourth-order valence-electron chi connectivity index (χ4n) is 2.50. The maximum atomic E-state index is 13.0. The van der Waals surface area contributed by atoms with Gasteiger partial charge >= 0.3 is 6.03 Å². The molecule has 0 saturated carbocycles. The van der Waals surface area contributed by atoms with Crippen LogP contribution < -0.4 is 10.6 Å². The van der Waals surface area contributed by atoms with Gasteiger partial charge in [0.1, 0.15) is 5.82 Å². The summed E-state index contributed by atoms with van der Waals surface area (Å²) in [4.78, 5) is 11.7. The standard InChI is InChI=1S/C16H23FN2O2/c1-12-11-13(17)7-8-15(12)19-16(20)18-9-3-2-5-14-6-4-10-21-14/h7-8,11,14H,2-6,9-10H2,1H3,(H2,18,19,20)/t14-/m1/s1. The summed E-state index contributed by atoms with van der Waals surface area (Å²) in [5.41, 5.74) is 1.34. The van der Waals surface area contributed by atoms with Gasteiger partial charge in [-0.25, -0.2) is 9.18 Å². The van der Waals surface area contributed by atoms with Gasteiger partial charge in [0.2, 0.25) is 0 Å². The number of ether oxygens (including phenoxy) is 1. The summed E-state index contributed by atoms with van der Waals surface area (Å²) in [7, 11) is 0. The normalized spacial score (nSPS) is 17.7. The summed E-state index contributed by atoms with van der Waals surface area (Å²) in [6.07, 6.45) is 5.82. The highest BCUT2D eigenvalue weighted by molar-refractivity contribution is 5.89. The number of nitrogens with one attached hydrogen (secondary N) is 2. The van der Waals surface area contributed by atoms with E-state index in [1.54, 1.807) is 13.0 Å². The second kappa shape index (κ2) is 7.98. The number of hydrogen-bond acceptors (Lipinski definition) is 2. The van der Waals surface area contributed by atoms with Crippen molar-refractivity contribution in [3.05, 3.63) is 29.6 Å². The molecule has 0 unspecified atom stereocenters. The first kappa shape index (κ1) is 15.8. The van der Waals surface area contributed by atoms with Crippen LogP contribution in [0.1, 0.15) is 37.7 Å². The first-order chi connectivity index (χ1) is 10.1. The molecule has 1 atom stereocenters. The Bertz CT molecular complexity index is 473. The smallest absolute Gasteiger partial charge is 0.319 e. The number of amides is 2. The molecule has 1 aliphatic rings. The molecule has 0 bridgehead atoms. The maximum absolute atomic E-state index is 13.0. The second-order valence-electron chi connectivity index (χ2n) is 5.47. The number of unbranched alkanes of at least 4 members (excludes halogenated alkanes) is 1. The van der Waals surface area contributed by atoms with Crippen molar-refractivity contribution < 1.29 is 13.9 Å². The lowest BCUT2D eigenvalue weighted by Crippen LogP contribution is -2.29. The van der Waals surface area contributed by atoms with Gasteiger partial charge in [-0.15, -0.1) is 0 Å². The average molecular weight is 294 g/mol. The summed E-state index contributed by atoms with van der Waals surface area (Å²) >= 11 is 0. The van der Waals surface area contributed by atoms with E-state index in [-0.39, 0.29) is 11.8 Å². The summed E-state index contributed by atoms with van der Waals surface area (Å²) < 4.78 is 18.5. The summed E-state index contributed by atoms with van der Waals surface area (Å²) in [6.45, 7) is 3.29. The van der Waals surface area contributed by atoms with Crippen LogP contribution >= 0.6 is 0 Å². The minimum atomic E-state index is -0.299. The molecule has 0 aliphatic carbocycles. The lowest BCUT2D eigenvalue weighted by Gasteiger charge is -2.11. The van der Waals surface area contributed by atoms with E-state index in [0.717, 1.165) is 32.3 Å². The highest BCUT2D eigenvalue weighted by atomic mass is 19.1. The largest absolute Gasteiger partial charge is 0.378 e. The molecule has 2 N–H and O–H groups in total. The van der Waals surface area contributed by atoms with Crippen LogP contribution in [0.25, 0.3) is 0 Å². The first-order valence-electron chi connectivity index (χ1n) is 7.58. The molecule has 2 amide bonds. The zero-order valence-corrected chi connectivity index (χ0v) is 12.5. The van der Waals surface area contributed by atoms with Crippen LogP contribution in [-0.2, 0) is 4.74 Å². The van der Waals surface area contributed by atoms with Crippen LogP contribution in [0.5, 0.6) is 0 Å². The van der Waals surface area contributed by atoms with Gasteiger partial charge in [0, 0.05) is 18.8 Å². The van der Waals surface area contributed by atoms with E-state index in [9.17, 15) is 9.18 Å². The zero-order valence-electron chi connectivity index (χ0n) is 12.5. The molecule has 1 heterocycles. The predicted octanol–water partition coefficient (Wildman–Crippen LogP) is 3.60. The van der Waals surface area contributed by atoms with Crippen molar-refractivity contribution in [3.63, 3.8) is 0 Å². The van der Waals surface area contributed by atoms with Crippen molar-refractivity contribution >= 4 is 11.7 Å². The summed E-state index contributed by atoms with van der Waals surface area (Å²) in [5.74, 6) is -0.299. The minimum Gasteiger partial charge on any atom is -0.378 e. The van der Waals surface area contributed by atoms with E-state index < -0.39 is 0 Å². The van der Waals surface area contributed by atoms with Crippen LogP contribution in [0.3, 0.4) is 0 Å². The average Bonchev–Trinajstić information content (AvgIpc) is 2.95. The van der Waals surface area contributed by atoms with E-state index in [2.05, 4.69) is 10.6 Å². The van der Waals surface area contributed by atoms with Crippen molar-refractivity contribution in [3.8, 4) is 0 Å². The van der Waals surface area contributed by atoms with Gasteiger partial charge in [0.25, 0.3) is 0 Å². The summed E-state index contributed by atoms with van der Waals surface area (Å²) in [6, 6.07) is 4.06. The van der Waals surface area contributed by atoms with Crippen molar-refractivity contribution in [2.24, 2.45) is 0 Å². The molecule has 4 nitrogen and oxygen atoms in total. The van der Waals surface area contributed by atoms with E-state index in [1.807, 2.05) is 0 Å². The number of urea groups is 1. The molecule has 5 heteroatoms. The quantitative estimate of drug-likeness (QED) is 0.788. The van der Waals surface area contributed by atoms with E-state index >= 15 is 0 Å². The molecule has 0 aromatic heterocycles. The highest BCUT2D eigenvalue weighted by Crippen LogP contribution is 2.17. The Morgan fingerprint density at radius 3 is 3.00 bits per heavy atom. The Labute approximate surface area is 125 Å². The van der Waals surface area contributed by atoms with Crippen molar-refractivity contribution in [2.45, 2.75) is 45.1 Å². The Balaban J connectivity index is 1.60. The lowest BCUT2D eigenvalue weighted by molar-refractivity contribution is 0.102. The van der Waals surface area contributed by atoms with E-state index in [1.165, 1.54) is 18.6 Å². The Morgan fingerprint density at radius 2 is 2.29 bits per heavy atom. The van der Waals surface area contributed by atoms with Gasteiger partial charge in [-0.05, 0) is 62.8 Å². The van der Waals surface area contributed by atoms with Gasteiger partial charge in [-0.3, -0.25) is 0 Å². The van der Waals surface area contributed by atoms with Crippen LogP contribution in [-0.4, -0.2) is 25.3 Å². The number of benzene rings is 1. The Kier molecular flexibility index (Phi) is 5.99. The topological polar surface area (TPSA) is 50.4 Å². The molecule has 1 fully saturated rings. The number of hydrogen-bond donors (Lipinski definition) is 2. The predicted molar refractivity (Wildman–Crippen MR) is 81.0 cm³/mol.